The molecule has 2 unspecified atom stereocenters. The van der Waals surface area contributed by atoms with Crippen LogP contribution in [0.1, 0.15) is 19.0 Å². The van der Waals surface area contributed by atoms with E-state index in [2.05, 4.69) is 4.98 Å². The van der Waals surface area contributed by atoms with Gasteiger partial charge in [0, 0.05) is 35.0 Å². The number of hydrogen-bond acceptors (Lipinski definition) is 3. The molecule has 5 heteroatoms. The van der Waals surface area contributed by atoms with Gasteiger partial charge < -0.3 is 10.1 Å². The van der Waals surface area contributed by atoms with Crippen molar-refractivity contribution in [3.05, 3.63) is 36.3 Å². The van der Waals surface area contributed by atoms with Crippen molar-refractivity contribution in [2.75, 3.05) is 5.75 Å². The summed E-state index contributed by atoms with van der Waals surface area (Å²) < 4.78 is 13.8. The van der Waals surface area contributed by atoms with Gasteiger partial charge in [-0.05, 0) is 18.6 Å². The first-order chi connectivity index (χ1) is 8.19. The Hall–Kier alpha value is -1.20. The van der Waals surface area contributed by atoms with Gasteiger partial charge in [0.15, 0.2) is 0 Å². The van der Waals surface area contributed by atoms with Crippen LogP contribution >= 0.6 is 0 Å². The van der Waals surface area contributed by atoms with E-state index < -0.39 is 10.8 Å². The summed E-state index contributed by atoms with van der Waals surface area (Å²) in [6.07, 6.45) is 4.72. The molecule has 2 heterocycles. The third kappa shape index (κ3) is 3.14. The van der Waals surface area contributed by atoms with Crippen molar-refractivity contribution in [3.63, 3.8) is 0 Å². The Kier molecular flexibility index (Phi) is 3.91. The maximum absolute atomic E-state index is 11.8. The second kappa shape index (κ2) is 5.42. The minimum absolute atomic E-state index is 0.0212. The fourth-order valence-corrected chi connectivity index (χ4v) is 2.94. The molecule has 2 aromatic rings. The van der Waals surface area contributed by atoms with Crippen molar-refractivity contribution < 1.29 is 4.21 Å². The van der Waals surface area contributed by atoms with Gasteiger partial charge in [-0.15, -0.1) is 0 Å². The van der Waals surface area contributed by atoms with Crippen molar-refractivity contribution in [2.24, 2.45) is 5.73 Å². The van der Waals surface area contributed by atoms with Crippen LogP contribution in [0.2, 0.25) is 0 Å². The molecular formula is C12H17N3OS. The van der Waals surface area contributed by atoms with Crippen LogP contribution in [0.4, 0.5) is 0 Å². The Balaban J connectivity index is 2.05. The highest BCUT2D eigenvalue weighted by molar-refractivity contribution is 7.84. The van der Waals surface area contributed by atoms with Gasteiger partial charge in [0.25, 0.3) is 0 Å². The van der Waals surface area contributed by atoms with Gasteiger partial charge in [0.05, 0.1) is 11.4 Å². The highest BCUT2D eigenvalue weighted by atomic mass is 32.2. The number of pyridine rings is 1. The van der Waals surface area contributed by atoms with Gasteiger partial charge in [0.2, 0.25) is 0 Å². The maximum atomic E-state index is 11.8. The van der Waals surface area contributed by atoms with Crippen LogP contribution in [0.3, 0.4) is 0 Å². The summed E-state index contributed by atoms with van der Waals surface area (Å²) in [5.41, 5.74) is 7.53. The predicted molar refractivity (Wildman–Crippen MR) is 70.2 cm³/mol. The van der Waals surface area contributed by atoms with Crippen molar-refractivity contribution in [2.45, 2.75) is 25.1 Å². The SMILES string of the molecule is CCC(N)CS(=O)Cc1cn2ccccc2n1. The lowest BCUT2D eigenvalue weighted by Crippen LogP contribution is -2.26. The first-order valence-electron chi connectivity index (χ1n) is 5.72. The zero-order valence-electron chi connectivity index (χ0n) is 9.87. The Morgan fingerprint density at radius 2 is 2.35 bits per heavy atom. The van der Waals surface area contributed by atoms with Crippen LogP contribution in [0, 0.1) is 0 Å². The van der Waals surface area contributed by atoms with E-state index in [0.29, 0.717) is 11.5 Å². The first-order valence-corrected chi connectivity index (χ1v) is 7.21. The lowest BCUT2D eigenvalue weighted by Gasteiger charge is -2.06. The second-order valence-corrected chi connectivity index (χ2v) is 5.62. The fraction of sp³-hybridized carbons (Fsp3) is 0.417. The number of imidazole rings is 1. The van der Waals surface area contributed by atoms with E-state index in [1.165, 1.54) is 0 Å². The minimum atomic E-state index is -0.928. The third-order valence-corrected chi connectivity index (χ3v) is 4.06. The average Bonchev–Trinajstić information content (AvgIpc) is 2.70. The standard InChI is InChI=1S/C12H17N3OS/c1-2-10(13)8-17(16)9-11-7-15-6-4-3-5-12(15)14-11/h3-7,10H,2,8-9,13H2,1H3. The molecule has 0 spiro atoms. The van der Waals surface area contributed by atoms with Gasteiger partial charge in [-0.3, -0.25) is 4.21 Å². The van der Waals surface area contributed by atoms with Crippen LogP contribution in [0.25, 0.3) is 5.65 Å². The molecule has 0 aliphatic heterocycles. The fourth-order valence-electron chi connectivity index (χ4n) is 1.64. The van der Waals surface area contributed by atoms with Crippen LogP contribution in [-0.2, 0) is 16.6 Å². The second-order valence-electron chi connectivity index (χ2n) is 4.12. The molecule has 0 aliphatic rings. The molecule has 17 heavy (non-hydrogen) atoms. The zero-order chi connectivity index (χ0) is 12.3. The average molecular weight is 251 g/mol. The van der Waals surface area contributed by atoms with E-state index in [-0.39, 0.29) is 6.04 Å². The number of nitrogens with zero attached hydrogens (tertiary/aromatic N) is 2. The summed E-state index contributed by atoms with van der Waals surface area (Å²) in [4.78, 5) is 4.41. The Bertz CT molecular complexity index is 490. The van der Waals surface area contributed by atoms with Crippen LogP contribution in [0.15, 0.2) is 30.6 Å². The van der Waals surface area contributed by atoms with Gasteiger partial charge in [0.1, 0.15) is 5.65 Å². The molecule has 2 atom stereocenters. The molecular weight excluding hydrogens is 234 g/mol. The third-order valence-electron chi connectivity index (χ3n) is 2.65. The molecule has 2 N–H and O–H groups in total. The van der Waals surface area contributed by atoms with Crippen molar-refractivity contribution >= 4 is 16.4 Å². The normalized spacial score (nSPS) is 14.9. The lowest BCUT2D eigenvalue weighted by molar-refractivity contribution is 0.662. The molecule has 0 saturated carbocycles. The summed E-state index contributed by atoms with van der Waals surface area (Å²) in [6, 6.07) is 5.84. The predicted octanol–water partition coefficient (Wildman–Crippen LogP) is 1.32. The van der Waals surface area contributed by atoms with Crippen LogP contribution < -0.4 is 5.73 Å². The largest absolute Gasteiger partial charge is 0.327 e. The number of nitrogens with two attached hydrogens (primary N) is 1. The smallest absolute Gasteiger partial charge is 0.137 e. The van der Waals surface area contributed by atoms with Crippen LogP contribution in [-0.4, -0.2) is 25.4 Å². The number of rotatable bonds is 5. The van der Waals surface area contributed by atoms with Crippen molar-refractivity contribution in [1.29, 1.82) is 0 Å². The van der Waals surface area contributed by atoms with E-state index in [4.69, 9.17) is 5.73 Å². The van der Waals surface area contributed by atoms with E-state index >= 15 is 0 Å². The van der Waals surface area contributed by atoms with Gasteiger partial charge in [-0.25, -0.2) is 4.98 Å². The molecule has 0 saturated heterocycles. The molecule has 0 bridgehead atoms. The quantitative estimate of drug-likeness (QED) is 0.872. The number of hydrogen-bond donors (Lipinski definition) is 1. The van der Waals surface area contributed by atoms with Gasteiger partial charge in [-0.1, -0.05) is 13.0 Å². The van der Waals surface area contributed by atoms with Gasteiger partial charge in [-0.2, -0.15) is 0 Å². The Labute approximate surface area is 103 Å². The highest BCUT2D eigenvalue weighted by Gasteiger charge is 2.09. The lowest BCUT2D eigenvalue weighted by atomic mass is 10.3. The molecule has 2 aromatic heterocycles. The van der Waals surface area contributed by atoms with Crippen molar-refractivity contribution in [3.8, 4) is 0 Å². The summed E-state index contributed by atoms with van der Waals surface area (Å²) >= 11 is 0. The summed E-state index contributed by atoms with van der Waals surface area (Å²) in [5.74, 6) is 1.03. The van der Waals surface area contributed by atoms with E-state index in [1.807, 2.05) is 41.9 Å². The van der Waals surface area contributed by atoms with Crippen LogP contribution in [0.5, 0.6) is 0 Å². The summed E-state index contributed by atoms with van der Waals surface area (Å²) in [7, 11) is -0.928. The molecule has 0 radical (unpaired) electrons. The summed E-state index contributed by atoms with van der Waals surface area (Å²) in [6.45, 7) is 2.01. The Morgan fingerprint density at radius 3 is 3.06 bits per heavy atom. The molecule has 0 aromatic carbocycles. The molecule has 2 rings (SSSR count). The monoisotopic (exact) mass is 251 g/mol. The molecule has 0 amide bonds. The molecule has 92 valence electrons. The number of fused-ring (bicyclic) bond motifs is 1. The number of aromatic nitrogens is 2. The first kappa shape index (κ1) is 12.3. The van der Waals surface area contributed by atoms with E-state index in [0.717, 1.165) is 17.8 Å². The zero-order valence-corrected chi connectivity index (χ0v) is 10.7. The van der Waals surface area contributed by atoms with Gasteiger partial charge >= 0.3 is 0 Å². The minimum Gasteiger partial charge on any atom is -0.327 e. The highest BCUT2D eigenvalue weighted by Crippen LogP contribution is 2.07. The Morgan fingerprint density at radius 1 is 1.53 bits per heavy atom. The van der Waals surface area contributed by atoms with E-state index in [1.54, 1.807) is 0 Å². The van der Waals surface area contributed by atoms with Crippen molar-refractivity contribution in [1.82, 2.24) is 9.38 Å². The molecule has 0 aliphatic carbocycles. The maximum Gasteiger partial charge on any atom is 0.137 e. The molecule has 4 nitrogen and oxygen atoms in total. The molecule has 0 fully saturated rings. The topological polar surface area (TPSA) is 60.4 Å². The van der Waals surface area contributed by atoms with E-state index in [9.17, 15) is 4.21 Å². The summed E-state index contributed by atoms with van der Waals surface area (Å²) in [5, 5.41) is 0.